The predicted molar refractivity (Wildman–Crippen MR) is 53.2 cm³/mol. The maximum atomic E-state index is 11.1. The molecule has 2 saturated carbocycles. The van der Waals surface area contributed by atoms with Crippen molar-refractivity contribution in [1.82, 2.24) is 0 Å². The summed E-state index contributed by atoms with van der Waals surface area (Å²) in [6.07, 6.45) is 11.9. The first-order valence-electron chi connectivity index (χ1n) is 5.69. The van der Waals surface area contributed by atoms with Gasteiger partial charge in [-0.2, -0.15) is 12.8 Å². The number of Topliss-reactive ketones (excluding diaryl/α,β-unsaturated/α-hetero) is 1. The molecule has 0 saturated heterocycles. The number of carbonyl (C=O) groups is 1. The third kappa shape index (κ3) is 3.81. The Morgan fingerprint density at radius 2 is 1.43 bits per heavy atom. The van der Waals surface area contributed by atoms with Gasteiger partial charge in [-0.25, -0.2) is 0 Å². The Labute approximate surface area is 136 Å². The predicted octanol–water partition coefficient (Wildman–Crippen LogP) is 0.144. The second-order valence-electron chi connectivity index (χ2n) is 4.58. The topological polar surface area (TPSA) is 17.1 Å². The molecular weight excluding hydrogens is 246 g/mol. The maximum Gasteiger partial charge on any atom is 1.00 e. The molecule has 0 aromatic carbocycles. The van der Waals surface area contributed by atoms with Gasteiger partial charge in [-0.15, -0.1) is 0 Å². The molecule has 0 aliphatic heterocycles. The minimum Gasteiger partial charge on any atom is -0.328 e. The van der Waals surface area contributed by atoms with Gasteiger partial charge in [-0.05, 0) is 24.7 Å². The molecule has 0 N–H and O–H groups in total. The molecule has 0 aromatic rings. The monoisotopic (exact) mass is 264 g/mol. The molecule has 0 atom stereocenters. The van der Waals surface area contributed by atoms with Crippen LogP contribution in [0.2, 0.25) is 0 Å². The van der Waals surface area contributed by atoms with Crippen molar-refractivity contribution in [3.05, 3.63) is 6.42 Å². The first-order valence-corrected chi connectivity index (χ1v) is 5.69. The molecule has 0 aromatic heterocycles. The second-order valence-corrected chi connectivity index (χ2v) is 4.58. The van der Waals surface area contributed by atoms with Crippen LogP contribution in [0.3, 0.4) is 0 Å². The Morgan fingerprint density at radius 1 is 0.929 bits per heavy atom. The van der Waals surface area contributed by atoms with E-state index in [1.807, 2.05) is 0 Å². The normalized spacial score (nSPS) is 25.9. The van der Waals surface area contributed by atoms with Crippen LogP contribution in [-0.4, -0.2) is 5.78 Å². The molecule has 2 aliphatic carbocycles. The van der Waals surface area contributed by atoms with Gasteiger partial charge in [-0.1, -0.05) is 12.8 Å². The van der Waals surface area contributed by atoms with E-state index >= 15 is 0 Å². The van der Waals surface area contributed by atoms with Crippen LogP contribution >= 0.6 is 0 Å². The van der Waals surface area contributed by atoms with E-state index in [0.717, 1.165) is 24.7 Å². The van der Waals surface area contributed by atoms with E-state index < -0.39 is 0 Å². The van der Waals surface area contributed by atoms with Crippen LogP contribution in [0.15, 0.2) is 0 Å². The van der Waals surface area contributed by atoms with Crippen molar-refractivity contribution in [2.75, 3.05) is 0 Å². The number of carbonyl (C=O) groups excluding carboxylic acids is 1. The van der Waals surface area contributed by atoms with Crippen molar-refractivity contribution in [1.29, 1.82) is 0 Å². The van der Waals surface area contributed by atoms with Crippen molar-refractivity contribution >= 4 is 5.78 Å². The molecule has 0 radical (unpaired) electrons. The SMILES string of the molecule is O=C1CCC(C2CC[CH-]CC2)CC1.[Rb+]. The maximum absolute atomic E-state index is 11.1. The fraction of sp³-hybridized carbons (Fsp3) is 0.833. The van der Waals surface area contributed by atoms with Crippen LogP contribution in [0.5, 0.6) is 0 Å². The van der Waals surface area contributed by atoms with Crippen molar-refractivity contribution < 1.29 is 63.0 Å². The average molecular weight is 265 g/mol. The van der Waals surface area contributed by atoms with E-state index in [-0.39, 0.29) is 58.2 Å². The van der Waals surface area contributed by atoms with Crippen molar-refractivity contribution in [3.8, 4) is 0 Å². The standard InChI is InChI=1S/C12H19O.Rb/c13-12-8-6-11(7-9-12)10-4-2-1-3-5-10;/h1,10-11H,2-9H2;/q-1;+1. The molecule has 2 fully saturated rings. The van der Waals surface area contributed by atoms with Crippen molar-refractivity contribution in [3.63, 3.8) is 0 Å². The number of hydrogen-bond acceptors (Lipinski definition) is 1. The van der Waals surface area contributed by atoms with Crippen molar-refractivity contribution in [2.45, 2.75) is 51.4 Å². The zero-order chi connectivity index (χ0) is 9.10. The molecule has 0 spiro atoms. The van der Waals surface area contributed by atoms with Crippen LogP contribution in [0.1, 0.15) is 51.4 Å². The molecular formula is C12H19ORb. The molecule has 2 aliphatic rings. The molecule has 0 bridgehead atoms. The average Bonchev–Trinajstić information content (AvgIpc) is 2.20. The smallest absolute Gasteiger partial charge is 0.328 e. The summed E-state index contributed by atoms with van der Waals surface area (Å²) < 4.78 is 0. The molecule has 74 valence electrons. The Morgan fingerprint density at radius 3 is 2.00 bits per heavy atom. The van der Waals surface area contributed by atoms with Gasteiger partial charge in [0.2, 0.25) is 0 Å². The first-order chi connectivity index (χ1) is 6.36. The quantitative estimate of drug-likeness (QED) is 0.616. The molecule has 0 heterocycles. The van der Waals surface area contributed by atoms with Gasteiger partial charge in [0, 0.05) is 12.8 Å². The summed E-state index contributed by atoms with van der Waals surface area (Å²) in [5.74, 6) is 2.32. The summed E-state index contributed by atoms with van der Waals surface area (Å²) in [5, 5.41) is 0. The zero-order valence-electron chi connectivity index (χ0n) is 9.30. The Balaban J connectivity index is 0.000000980. The van der Waals surface area contributed by atoms with Gasteiger partial charge in [0.15, 0.2) is 0 Å². The summed E-state index contributed by atoms with van der Waals surface area (Å²) >= 11 is 0. The minimum absolute atomic E-state index is 0. The molecule has 0 unspecified atom stereocenters. The summed E-state index contributed by atoms with van der Waals surface area (Å²) in [6, 6.07) is 0. The summed E-state index contributed by atoms with van der Waals surface area (Å²) in [4.78, 5) is 11.1. The first kappa shape index (κ1) is 13.5. The fourth-order valence-electron chi connectivity index (χ4n) is 2.86. The Kier molecular flexibility index (Phi) is 6.70. The third-order valence-electron chi connectivity index (χ3n) is 3.74. The molecule has 14 heavy (non-hydrogen) atoms. The second kappa shape index (κ2) is 6.93. The molecule has 0 amide bonds. The van der Waals surface area contributed by atoms with Crippen LogP contribution < -0.4 is 58.2 Å². The van der Waals surface area contributed by atoms with Crippen LogP contribution in [0, 0.1) is 18.3 Å². The Hall–Kier alpha value is 1.48. The minimum atomic E-state index is 0. The van der Waals surface area contributed by atoms with Crippen LogP contribution in [0.25, 0.3) is 0 Å². The van der Waals surface area contributed by atoms with Gasteiger partial charge < -0.3 is 6.42 Å². The Bertz CT molecular complexity index is 175. The van der Waals surface area contributed by atoms with Gasteiger partial charge in [0.05, 0.1) is 0 Å². The van der Waals surface area contributed by atoms with Crippen molar-refractivity contribution in [2.24, 2.45) is 11.8 Å². The van der Waals surface area contributed by atoms with E-state index in [1.54, 1.807) is 0 Å². The third-order valence-corrected chi connectivity index (χ3v) is 3.74. The van der Waals surface area contributed by atoms with Crippen LogP contribution in [0.4, 0.5) is 0 Å². The molecule has 2 rings (SSSR count). The fourth-order valence-corrected chi connectivity index (χ4v) is 2.86. The van der Waals surface area contributed by atoms with E-state index in [1.165, 1.54) is 38.5 Å². The number of ketones is 1. The van der Waals surface area contributed by atoms with E-state index in [2.05, 4.69) is 6.42 Å². The van der Waals surface area contributed by atoms with Gasteiger partial charge in [0.1, 0.15) is 5.78 Å². The summed E-state index contributed by atoms with van der Waals surface area (Å²) in [5.41, 5.74) is 0. The largest absolute Gasteiger partial charge is 1.00 e. The van der Waals surface area contributed by atoms with Gasteiger partial charge in [-0.3, -0.25) is 4.79 Å². The number of rotatable bonds is 1. The zero-order valence-corrected chi connectivity index (χ0v) is 14.2. The number of hydrogen-bond donors (Lipinski definition) is 0. The van der Waals surface area contributed by atoms with E-state index in [4.69, 9.17) is 0 Å². The van der Waals surface area contributed by atoms with Gasteiger partial charge in [0.25, 0.3) is 0 Å². The molecule has 2 heteroatoms. The van der Waals surface area contributed by atoms with E-state index in [0.29, 0.717) is 5.78 Å². The molecule has 1 nitrogen and oxygen atoms in total. The summed E-state index contributed by atoms with van der Waals surface area (Å²) in [6.45, 7) is 0. The van der Waals surface area contributed by atoms with Gasteiger partial charge >= 0.3 is 58.2 Å². The summed E-state index contributed by atoms with van der Waals surface area (Å²) in [7, 11) is 0. The van der Waals surface area contributed by atoms with Crippen LogP contribution in [-0.2, 0) is 4.79 Å². The van der Waals surface area contributed by atoms with E-state index in [9.17, 15) is 4.79 Å².